The monoisotopic (exact) mass is 434 g/mol. The van der Waals surface area contributed by atoms with Crippen LogP contribution < -0.4 is 9.64 Å². The number of carbonyl (C=O) groups is 1. The molecule has 2 bridgehead atoms. The lowest BCUT2D eigenvalue weighted by molar-refractivity contribution is -0.917. The molecule has 3 N–H and O–H groups in total. The van der Waals surface area contributed by atoms with Crippen LogP contribution in [0.5, 0.6) is 11.5 Å². The average Bonchev–Trinajstić information content (AvgIpc) is 3.00. The molecular weight excluding hydrogens is 405 g/mol. The molecule has 1 aromatic carbocycles. The Labute approximate surface area is 176 Å². The van der Waals surface area contributed by atoms with Crippen LogP contribution in [0.25, 0.3) is 0 Å². The molecule has 1 aromatic rings. The first-order valence-corrected chi connectivity index (χ1v) is 13.1. The third kappa shape index (κ3) is 2.79. The van der Waals surface area contributed by atoms with E-state index in [2.05, 4.69) is 13.1 Å². The zero-order chi connectivity index (χ0) is 21.4. The number of aliphatic carboxylic acids is 1. The molecule has 5 rings (SSSR count). The SMILES string of the molecule is C[NH+]1CC[C@]23c4c5c(CCC(=O)O)cc(O)c4O[C@H]2[C@@H](OP(C)(C)=O)C=CC3[C@H]1C5. The maximum Gasteiger partial charge on any atom is 0.303 e. The molecule has 30 heavy (non-hydrogen) atoms. The Morgan fingerprint density at radius 3 is 2.87 bits per heavy atom. The maximum absolute atomic E-state index is 12.5. The number of benzene rings is 1. The number of carboxylic acid groups (broad SMARTS) is 1. The van der Waals surface area contributed by atoms with Crippen LogP contribution >= 0.6 is 7.37 Å². The number of quaternary nitrogens is 1. The van der Waals surface area contributed by atoms with E-state index in [1.54, 1.807) is 19.4 Å². The van der Waals surface area contributed by atoms with E-state index in [1.165, 1.54) is 4.90 Å². The highest BCUT2D eigenvalue weighted by atomic mass is 31.2. The molecule has 2 heterocycles. The predicted molar refractivity (Wildman–Crippen MR) is 111 cm³/mol. The maximum atomic E-state index is 12.5. The Balaban J connectivity index is 1.69. The normalized spacial score (nSPS) is 35.6. The second-order valence-corrected chi connectivity index (χ2v) is 12.3. The van der Waals surface area contributed by atoms with E-state index in [4.69, 9.17) is 9.26 Å². The number of carboxylic acids is 1. The smallest absolute Gasteiger partial charge is 0.303 e. The fourth-order valence-electron chi connectivity index (χ4n) is 6.37. The highest BCUT2D eigenvalue weighted by Gasteiger charge is 2.66. The molecule has 8 heteroatoms. The van der Waals surface area contributed by atoms with Crippen LogP contribution in [-0.2, 0) is 32.1 Å². The second-order valence-electron chi connectivity index (χ2n) is 9.60. The topological polar surface area (TPSA) is 97.5 Å². The standard InChI is InChI=1S/C22H28NO6P/c1-23-9-8-22-14-5-6-17(29-30(2,3)27)21(22)28-20-16(24)10-12(4-7-18(25)26)13(19(20)22)11-15(14)23/h5-6,10,14-15,17,21,24H,4,7-9,11H2,1-3H3,(H,25,26)/p+1/t14?,15-,17+,21+,22+/m1/s1. The predicted octanol–water partition coefficient (Wildman–Crippen LogP) is 1.36. The zero-order valence-corrected chi connectivity index (χ0v) is 18.4. The third-order valence-corrected chi connectivity index (χ3v) is 8.24. The van der Waals surface area contributed by atoms with E-state index in [0.717, 1.165) is 36.1 Å². The molecule has 2 aliphatic heterocycles. The summed E-state index contributed by atoms with van der Waals surface area (Å²) in [5.74, 6) is -0.0263. The van der Waals surface area contributed by atoms with Gasteiger partial charge in [-0.25, -0.2) is 0 Å². The number of aryl methyl sites for hydroxylation is 1. The summed E-state index contributed by atoms with van der Waals surface area (Å²) < 4.78 is 24.9. The van der Waals surface area contributed by atoms with Gasteiger partial charge in [-0.1, -0.05) is 12.2 Å². The molecule has 4 aliphatic rings. The van der Waals surface area contributed by atoms with Crippen LogP contribution in [0, 0.1) is 5.92 Å². The summed E-state index contributed by atoms with van der Waals surface area (Å²) in [4.78, 5) is 12.7. The van der Waals surface area contributed by atoms with Crippen molar-refractivity contribution in [1.29, 1.82) is 0 Å². The van der Waals surface area contributed by atoms with Crippen LogP contribution in [-0.4, -0.2) is 61.4 Å². The lowest BCUT2D eigenvalue weighted by atomic mass is 9.53. The summed E-state index contributed by atoms with van der Waals surface area (Å²) in [5, 5.41) is 20.0. The van der Waals surface area contributed by atoms with Crippen LogP contribution in [0.1, 0.15) is 29.5 Å². The van der Waals surface area contributed by atoms with E-state index in [0.29, 0.717) is 18.2 Å². The minimum Gasteiger partial charge on any atom is -0.504 e. The van der Waals surface area contributed by atoms with Gasteiger partial charge in [0.15, 0.2) is 18.9 Å². The number of hydrogen-bond donors (Lipinski definition) is 3. The van der Waals surface area contributed by atoms with Gasteiger partial charge >= 0.3 is 5.97 Å². The molecule has 0 aromatic heterocycles. The summed E-state index contributed by atoms with van der Waals surface area (Å²) in [6.07, 6.45) is 5.56. The molecule has 0 amide bonds. The molecular formula is C22H29NO6P+. The molecule has 1 fully saturated rings. The molecule has 1 saturated heterocycles. The fraction of sp³-hybridized carbons (Fsp3) is 0.591. The largest absolute Gasteiger partial charge is 0.504 e. The Hall–Kier alpha value is -1.82. The first-order chi connectivity index (χ1) is 14.1. The third-order valence-electron chi connectivity index (χ3n) is 7.49. The lowest BCUT2D eigenvalue weighted by Crippen LogP contribution is -3.16. The van der Waals surface area contributed by atoms with E-state index in [9.17, 15) is 19.6 Å². The van der Waals surface area contributed by atoms with Gasteiger partial charge in [-0.3, -0.25) is 9.36 Å². The highest BCUT2D eigenvalue weighted by molar-refractivity contribution is 7.57. The van der Waals surface area contributed by atoms with E-state index in [1.807, 2.05) is 6.08 Å². The van der Waals surface area contributed by atoms with Crippen molar-refractivity contribution in [1.82, 2.24) is 0 Å². The Morgan fingerprint density at radius 2 is 2.17 bits per heavy atom. The Bertz CT molecular complexity index is 1000. The van der Waals surface area contributed by atoms with Crippen LogP contribution in [0.15, 0.2) is 18.2 Å². The van der Waals surface area contributed by atoms with E-state index < -0.39 is 19.4 Å². The molecule has 0 saturated carbocycles. The van der Waals surface area contributed by atoms with Crippen molar-refractivity contribution in [3.05, 3.63) is 34.9 Å². The van der Waals surface area contributed by atoms with Gasteiger partial charge in [0.2, 0.25) is 0 Å². The number of likely N-dealkylation sites (tertiary alicyclic amines) is 1. The minimum absolute atomic E-state index is 0.0276. The van der Waals surface area contributed by atoms with Gasteiger partial charge in [0, 0.05) is 44.1 Å². The second kappa shape index (κ2) is 6.59. The molecule has 6 atom stereocenters. The molecule has 162 valence electrons. The minimum atomic E-state index is -2.75. The first kappa shape index (κ1) is 20.1. The van der Waals surface area contributed by atoms with Crippen molar-refractivity contribution < 1.29 is 33.7 Å². The van der Waals surface area contributed by atoms with Crippen molar-refractivity contribution >= 4 is 13.3 Å². The van der Waals surface area contributed by atoms with Crippen LogP contribution in [0.2, 0.25) is 0 Å². The van der Waals surface area contributed by atoms with Crippen LogP contribution in [0.3, 0.4) is 0 Å². The van der Waals surface area contributed by atoms with Gasteiger partial charge < -0.3 is 24.4 Å². The molecule has 2 unspecified atom stereocenters. The van der Waals surface area contributed by atoms with Gasteiger partial charge in [-0.15, -0.1) is 0 Å². The molecule has 7 nitrogen and oxygen atoms in total. The van der Waals surface area contributed by atoms with E-state index >= 15 is 0 Å². The number of likely N-dealkylation sites (N-methyl/N-ethyl adjacent to an activating group) is 1. The van der Waals surface area contributed by atoms with Crippen molar-refractivity contribution in [2.24, 2.45) is 5.92 Å². The summed E-state index contributed by atoms with van der Waals surface area (Å²) in [6, 6.07) is 2.04. The zero-order valence-electron chi connectivity index (χ0n) is 17.6. The number of aromatic hydroxyl groups is 1. The van der Waals surface area contributed by atoms with Crippen LogP contribution in [0.4, 0.5) is 0 Å². The highest BCUT2D eigenvalue weighted by Crippen LogP contribution is 2.62. The molecule has 1 spiro atoms. The number of ether oxygens (including phenoxy) is 1. The summed E-state index contributed by atoms with van der Waals surface area (Å²) in [6.45, 7) is 4.21. The fourth-order valence-corrected chi connectivity index (χ4v) is 7.14. The van der Waals surface area contributed by atoms with Crippen molar-refractivity contribution in [2.75, 3.05) is 26.9 Å². The molecule has 2 aliphatic carbocycles. The quantitative estimate of drug-likeness (QED) is 0.478. The number of rotatable bonds is 5. The first-order valence-electron chi connectivity index (χ1n) is 10.6. The van der Waals surface area contributed by atoms with Gasteiger partial charge in [-0.2, -0.15) is 0 Å². The average molecular weight is 434 g/mol. The van der Waals surface area contributed by atoms with Gasteiger partial charge in [0.05, 0.1) is 25.0 Å². The number of piperidine rings is 1. The number of phenolic OH excluding ortho intramolecular Hbond substituents is 1. The van der Waals surface area contributed by atoms with Gasteiger partial charge in [-0.05, 0) is 23.6 Å². The Kier molecular flexibility index (Phi) is 4.41. The lowest BCUT2D eigenvalue weighted by Gasteiger charge is -2.55. The van der Waals surface area contributed by atoms with Gasteiger partial charge in [0.1, 0.15) is 12.2 Å². The van der Waals surface area contributed by atoms with E-state index in [-0.39, 0.29) is 29.6 Å². The van der Waals surface area contributed by atoms with Crippen molar-refractivity contribution in [3.63, 3.8) is 0 Å². The van der Waals surface area contributed by atoms with Gasteiger partial charge in [0.25, 0.3) is 0 Å². The van der Waals surface area contributed by atoms with Crippen molar-refractivity contribution in [2.45, 2.75) is 49.3 Å². The Morgan fingerprint density at radius 1 is 1.40 bits per heavy atom. The molecule has 0 radical (unpaired) electrons. The number of phenols is 1. The van der Waals surface area contributed by atoms with Crippen molar-refractivity contribution in [3.8, 4) is 11.5 Å². The number of nitrogens with one attached hydrogen (secondary N) is 1. The number of hydrogen-bond acceptors (Lipinski definition) is 5. The summed E-state index contributed by atoms with van der Waals surface area (Å²) in [5.41, 5.74) is 2.75. The summed E-state index contributed by atoms with van der Waals surface area (Å²) in [7, 11) is -0.533. The summed E-state index contributed by atoms with van der Waals surface area (Å²) >= 11 is 0.